The average molecular weight is 608 g/mol. The molecule has 3 heteroatoms. The van der Waals surface area contributed by atoms with Crippen LogP contribution in [0.5, 0.6) is 0 Å². The highest BCUT2D eigenvalue weighted by Gasteiger charge is 2.35. The molecule has 0 saturated heterocycles. The predicted octanol–water partition coefficient (Wildman–Crippen LogP) is 12.9. The first-order valence-electron chi connectivity index (χ1n) is 15.8. The fourth-order valence-corrected chi connectivity index (χ4v) is 8.98. The summed E-state index contributed by atoms with van der Waals surface area (Å²) in [5.74, 6) is 0. The molecule has 0 bridgehead atoms. The maximum Gasteiger partial charge on any atom is 0.135 e. The number of para-hydroxylation sites is 1. The topological polar surface area (TPSA) is 16.4 Å². The van der Waals surface area contributed by atoms with Crippen LogP contribution >= 0.6 is 11.3 Å². The van der Waals surface area contributed by atoms with Crippen LogP contribution in [0.25, 0.3) is 64.0 Å². The largest absolute Gasteiger partial charge is 0.456 e. The molecule has 2 heterocycles. The Kier molecular flexibility index (Phi) is 5.25. The van der Waals surface area contributed by atoms with E-state index >= 15 is 0 Å². The lowest BCUT2D eigenvalue weighted by Crippen LogP contribution is -2.16. The molecule has 2 aromatic heterocycles. The molecular formula is C43H29NOS. The summed E-state index contributed by atoms with van der Waals surface area (Å²) in [4.78, 5) is 2.42. The Labute approximate surface area is 270 Å². The molecule has 0 N–H and O–H groups in total. The number of furan rings is 1. The third-order valence-corrected chi connectivity index (χ3v) is 11.3. The molecule has 1 aliphatic carbocycles. The van der Waals surface area contributed by atoms with Crippen molar-refractivity contribution in [2.45, 2.75) is 19.3 Å². The smallest absolute Gasteiger partial charge is 0.135 e. The first-order chi connectivity index (χ1) is 22.5. The fourth-order valence-electron chi connectivity index (χ4n) is 7.76. The first-order valence-corrected chi connectivity index (χ1v) is 16.7. The summed E-state index contributed by atoms with van der Waals surface area (Å²) in [6.07, 6.45) is 0. The van der Waals surface area contributed by atoms with Crippen LogP contribution < -0.4 is 4.90 Å². The lowest BCUT2D eigenvalue weighted by Gasteiger charge is -2.28. The lowest BCUT2D eigenvalue weighted by molar-refractivity contribution is 0.660. The van der Waals surface area contributed by atoms with Crippen molar-refractivity contribution >= 4 is 81.3 Å². The van der Waals surface area contributed by atoms with Gasteiger partial charge in [-0.25, -0.2) is 0 Å². The molecule has 0 atom stereocenters. The van der Waals surface area contributed by atoms with E-state index in [-0.39, 0.29) is 5.41 Å². The number of rotatable bonds is 3. The van der Waals surface area contributed by atoms with Crippen LogP contribution in [0.3, 0.4) is 0 Å². The zero-order chi connectivity index (χ0) is 30.6. The Morgan fingerprint density at radius 1 is 0.500 bits per heavy atom. The van der Waals surface area contributed by atoms with Gasteiger partial charge in [-0.2, -0.15) is 0 Å². The van der Waals surface area contributed by atoms with Crippen molar-refractivity contribution in [2.24, 2.45) is 0 Å². The standard InChI is InChI=1S/C43H29NOS/c1-43(2)37-13-7-5-11-31(37)32-20-16-29(25-38(32)43)44(27-17-21-40-35(23-27)33-12-6-8-14-39(33)45-40)28-18-22-41-36(24-28)34-19-15-26-9-3-4-10-30(26)42(34)46-41/h3-25H,1-2H3. The Morgan fingerprint density at radius 2 is 1.17 bits per heavy atom. The second kappa shape index (κ2) is 9.32. The van der Waals surface area contributed by atoms with Crippen molar-refractivity contribution in [3.63, 3.8) is 0 Å². The van der Waals surface area contributed by atoms with Crippen LogP contribution in [0, 0.1) is 0 Å². The number of hydrogen-bond donors (Lipinski definition) is 0. The van der Waals surface area contributed by atoms with Gasteiger partial charge in [-0.05, 0) is 87.6 Å². The second-order valence-corrected chi connectivity index (χ2v) is 14.0. The molecule has 0 fully saturated rings. The zero-order valence-corrected chi connectivity index (χ0v) is 26.4. The SMILES string of the molecule is CC1(C)c2ccccc2-c2ccc(N(c3ccc4oc5ccccc5c4c3)c3ccc4sc5c6ccccc6ccc5c4c3)cc21. The molecule has 0 spiro atoms. The number of benzene rings is 7. The zero-order valence-electron chi connectivity index (χ0n) is 25.5. The molecule has 7 aromatic carbocycles. The van der Waals surface area contributed by atoms with Gasteiger partial charge in [-0.3, -0.25) is 0 Å². The van der Waals surface area contributed by atoms with Crippen molar-refractivity contribution < 1.29 is 4.42 Å². The van der Waals surface area contributed by atoms with Crippen molar-refractivity contribution in [1.82, 2.24) is 0 Å². The fraction of sp³-hybridized carbons (Fsp3) is 0.0698. The van der Waals surface area contributed by atoms with Gasteiger partial charge in [0.25, 0.3) is 0 Å². The maximum absolute atomic E-state index is 6.24. The van der Waals surface area contributed by atoms with Gasteiger partial charge in [-0.1, -0.05) is 98.8 Å². The Hall–Kier alpha value is -5.38. The van der Waals surface area contributed by atoms with E-state index in [1.165, 1.54) is 53.2 Å². The van der Waals surface area contributed by atoms with Crippen LogP contribution in [0.1, 0.15) is 25.0 Å². The summed E-state index contributed by atoms with van der Waals surface area (Å²) in [6.45, 7) is 4.70. The minimum atomic E-state index is -0.0904. The van der Waals surface area contributed by atoms with Gasteiger partial charge < -0.3 is 9.32 Å². The molecule has 0 radical (unpaired) electrons. The van der Waals surface area contributed by atoms with E-state index in [1.807, 2.05) is 23.5 Å². The molecule has 0 saturated carbocycles. The number of hydrogen-bond acceptors (Lipinski definition) is 3. The lowest BCUT2D eigenvalue weighted by atomic mass is 9.82. The predicted molar refractivity (Wildman–Crippen MR) is 196 cm³/mol. The molecule has 218 valence electrons. The second-order valence-electron chi connectivity index (χ2n) is 13.0. The van der Waals surface area contributed by atoms with Crippen LogP contribution in [0.2, 0.25) is 0 Å². The van der Waals surface area contributed by atoms with E-state index in [0.717, 1.165) is 39.0 Å². The highest BCUT2D eigenvalue weighted by Crippen LogP contribution is 2.51. The quantitative estimate of drug-likeness (QED) is 0.199. The minimum Gasteiger partial charge on any atom is -0.456 e. The molecule has 46 heavy (non-hydrogen) atoms. The number of thiophene rings is 1. The van der Waals surface area contributed by atoms with Crippen molar-refractivity contribution in [3.8, 4) is 11.1 Å². The third-order valence-electron chi connectivity index (χ3n) is 10.0. The van der Waals surface area contributed by atoms with Gasteiger partial charge in [-0.15, -0.1) is 11.3 Å². The Balaban J connectivity index is 1.22. The summed E-state index contributed by atoms with van der Waals surface area (Å²) in [5, 5.41) is 7.46. The van der Waals surface area contributed by atoms with Crippen LogP contribution in [0.4, 0.5) is 17.1 Å². The van der Waals surface area contributed by atoms with Gasteiger partial charge in [0.2, 0.25) is 0 Å². The summed E-state index contributed by atoms with van der Waals surface area (Å²) >= 11 is 1.89. The summed E-state index contributed by atoms with van der Waals surface area (Å²) in [7, 11) is 0. The maximum atomic E-state index is 6.24. The molecule has 9 aromatic rings. The van der Waals surface area contributed by atoms with E-state index in [0.29, 0.717) is 0 Å². The highest BCUT2D eigenvalue weighted by atomic mass is 32.1. The van der Waals surface area contributed by atoms with E-state index in [1.54, 1.807) is 0 Å². The summed E-state index contributed by atoms with van der Waals surface area (Å²) in [5.41, 5.74) is 10.5. The van der Waals surface area contributed by atoms with Gasteiger partial charge in [0.05, 0.1) is 0 Å². The van der Waals surface area contributed by atoms with Crippen LogP contribution in [-0.4, -0.2) is 0 Å². The molecule has 0 unspecified atom stereocenters. The van der Waals surface area contributed by atoms with Crippen LogP contribution in [0.15, 0.2) is 144 Å². The number of anilines is 3. The van der Waals surface area contributed by atoms with Gasteiger partial charge >= 0.3 is 0 Å². The van der Waals surface area contributed by atoms with E-state index in [4.69, 9.17) is 4.42 Å². The summed E-state index contributed by atoms with van der Waals surface area (Å²) in [6, 6.07) is 51.0. The third kappa shape index (κ3) is 3.58. The van der Waals surface area contributed by atoms with E-state index in [2.05, 4.69) is 146 Å². The van der Waals surface area contributed by atoms with Gasteiger partial charge in [0.1, 0.15) is 11.2 Å². The Bertz CT molecular complexity index is 2690. The molecule has 0 aliphatic heterocycles. The molecule has 10 rings (SSSR count). The average Bonchev–Trinajstić information content (AvgIpc) is 3.73. The molecular weight excluding hydrogens is 579 g/mol. The highest BCUT2D eigenvalue weighted by molar-refractivity contribution is 7.26. The number of fused-ring (bicyclic) bond motifs is 11. The van der Waals surface area contributed by atoms with Crippen LogP contribution in [-0.2, 0) is 5.41 Å². The molecule has 1 aliphatic rings. The van der Waals surface area contributed by atoms with Gasteiger partial charge in [0.15, 0.2) is 0 Å². The minimum absolute atomic E-state index is 0.0904. The first kappa shape index (κ1) is 25.9. The van der Waals surface area contributed by atoms with Crippen molar-refractivity contribution in [2.75, 3.05) is 4.90 Å². The molecule has 2 nitrogen and oxygen atoms in total. The van der Waals surface area contributed by atoms with Gasteiger partial charge in [0, 0.05) is 53.4 Å². The Morgan fingerprint density at radius 3 is 2.09 bits per heavy atom. The molecule has 0 amide bonds. The van der Waals surface area contributed by atoms with Crippen molar-refractivity contribution in [1.29, 1.82) is 0 Å². The normalized spacial score (nSPS) is 13.6. The van der Waals surface area contributed by atoms with E-state index in [9.17, 15) is 0 Å². The summed E-state index contributed by atoms with van der Waals surface area (Å²) < 4.78 is 8.89. The number of nitrogens with zero attached hydrogens (tertiary/aromatic N) is 1. The van der Waals surface area contributed by atoms with Crippen molar-refractivity contribution in [3.05, 3.63) is 151 Å². The van der Waals surface area contributed by atoms with E-state index < -0.39 is 0 Å². The monoisotopic (exact) mass is 607 g/mol.